The van der Waals surface area contributed by atoms with Crippen LogP contribution in [0.2, 0.25) is 0 Å². The highest BCUT2D eigenvalue weighted by atomic mass is 16.6. The van der Waals surface area contributed by atoms with Gasteiger partial charge in [0.05, 0.1) is 11.6 Å². The zero-order valence-electron chi connectivity index (χ0n) is 18.0. The van der Waals surface area contributed by atoms with Crippen LogP contribution < -0.4 is 4.90 Å². The highest BCUT2D eigenvalue weighted by Crippen LogP contribution is 2.42. The first-order valence-corrected chi connectivity index (χ1v) is 10.1. The fraction of sp³-hybridized carbons (Fsp3) is 0.348. The normalized spacial score (nSPS) is 16.3. The van der Waals surface area contributed by atoms with Crippen LogP contribution in [-0.4, -0.2) is 35.0 Å². The molecule has 0 saturated heterocycles. The third-order valence-corrected chi connectivity index (χ3v) is 4.85. The van der Waals surface area contributed by atoms with E-state index in [2.05, 4.69) is 0 Å². The van der Waals surface area contributed by atoms with Crippen LogP contribution in [0.4, 0.5) is 10.5 Å². The van der Waals surface area contributed by atoms with Gasteiger partial charge in [0, 0.05) is 4.92 Å². The summed E-state index contributed by atoms with van der Waals surface area (Å²) in [5.41, 5.74) is 0.418. The topological polar surface area (TPSA) is 116 Å². The Morgan fingerprint density at radius 3 is 2.34 bits per heavy atom. The molecule has 0 unspecified atom stereocenters. The number of nitro groups is 1. The molecule has 9 heteroatoms. The van der Waals surface area contributed by atoms with Crippen LogP contribution in [0.3, 0.4) is 0 Å². The summed E-state index contributed by atoms with van der Waals surface area (Å²) in [5.74, 6) is -4.30. The number of carbonyl (C=O) groups excluding carboxylic acids is 3. The SMILES string of the molecule is CC(C)(C)OC(=O)N1C(=O)[C@H]([C@H](C[N+](=O)[O-])C(=O)OCc2ccccc2)c2ccccc21. The molecule has 168 valence electrons. The fourth-order valence-electron chi connectivity index (χ4n) is 3.54. The molecule has 9 nitrogen and oxygen atoms in total. The highest BCUT2D eigenvalue weighted by molar-refractivity contribution is 6.20. The Morgan fingerprint density at radius 1 is 1.09 bits per heavy atom. The lowest BCUT2D eigenvalue weighted by Gasteiger charge is -2.24. The van der Waals surface area contributed by atoms with Crippen molar-refractivity contribution < 1.29 is 28.8 Å². The van der Waals surface area contributed by atoms with Crippen LogP contribution >= 0.6 is 0 Å². The number of ether oxygens (including phenoxy) is 2. The summed E-state index contributed by atoms with van der Waals surface area (Å²) >= 11 is 0. The lowest BCUT2D eigenvalue weighted by Crippen LogP contribution is -2.42. The number of amides is 2. The second-order valence-corrected chi connectivity index (χ2v) is 8.41. The van der Waals surface area contributed by atoms with Gasteiger partial charge in [-0.25, -0.2) is 9.69 Å². The molecule has 1 aliphatic heterocycles. The van der Waals surface area contributed by atoms with E-state index in [0.29, 0.717) is 11.1 Å². The Bertz CT molecular complexity index is 1030. The van der Waals surface area contributed by atoms with Crippen LogP contribution in [0, 0.1) is 16.0 Å². The van der Waals surface area contributed by atoms with Crippen molar-refractivity contribution in [3.05, 3.63) is 75.8 Å². The van der Waals surface area contributed by atoms with Crippen LogP contribution in [0.5, 0.6) is 0 Å². The van der Waals surface area contributed by atoms with E-state index in [-0.39, 0.29) is 12.3 Å². The second-order valence-electron chi connectivity index (χ2n) is 8.41. The van der Waals surface area contributed by atoms with Gasteiger partial charge in [-0.05, 0) is 38.0 Å². The predicted molar refractivity (Wildman–Crippen MR) is 114 cm³/mol. The highest BCUT2D eigenvalue weighted by Gasteiger charge is 2.50. The summed E-state index contributed by atoms with van der Waals surface area (Å²) in [7, 11) is 0. The molecule has 0 aliphatic carbocycles. The monoisotopic (exact) mass is 440 g/mol. The quantitative estimate of drug-likeness (QED) is 0.382. The third-order valence-electron chi connectivity index (χ3n) is 4.85. The van der Waals surface area contributed by atoms with Crippen LogP contribution in [-0.2, 0) is 25.7 Å². The Labute approximate surface area is 185 Å². The number of nitrogens with zero attached hydrogens (tertiary/aromatic N) is 2. The van der Waals surface area contributed by atoms with E-state index in [0.717, 1.165) is 4.90 Å². The number of hydrogen-bond donors (Lipinski definition) is 0. The lowest BCUT2D eigenvalue weighted by molar-refractivity contribution is -0.486. The average molecular weight is 440 g/mol. The zero-order valence-corrected chi connectivity index (χ0v) is 18.0. The molecule has 0 N–H and O–H groups in total. The minimum atomic E-state index is -1.41. The number of carbonyl (C=O) groups is 3. The molecule has 0 spiro atoms. The van der Waals surface area contributed by atoms with E-state index >= 15 is 0 Å². The molecule has 2 amide bonds. The molecule has 2 atom stereocenters. The average Bonchev–Trinajstić information content (AvgIpc) is 3.01. The number of anilines is 1. The van der Waals surface area contributed by atoms with Crippen molar-refractivity contribution in [2.24, 2.45) is 5.92 Å². The summed E-state index contributed by atoms with van der Waals surface area (Å²) in [4.78, 5) is 50.4. The van der Waals surface area contributed by atoms with Crippen molar-refractivity contribution >= 4 is 23.7 Å². The number of imide groups is 1. The minimum Gasteiger partial charge on any atom is -0.460 e. The van der Waals surface area contributed by atoms with Crippen molar-refractivity contribution in [1.82, 2.24) is 0 Å². The molecule has 3 rings (SSSR count). The summed E-state index contributed by atoms with van der Waals surface area (Å²) in [6.07, 6.45) is -0.907. The zero-order chi connectivity index (χ0) is 23.5. The van der Waals surface area contributed by atoms with Gasteiger partial charge >= 0.3 is 12.1 Å². The van der Waals surface area contributed by atoms with Crippen molar-refractivity contribution in [2.45, 2.75) is 38.9 Å². The smallest absolute Gasteiger partial charge is 0.421 e. The largest absolute Gasteiger partial charge is 0.460 e. The maximum atomic E-state index is 13.3. The first-order valence-electron chi connectivity index (χ1n) is 10.1. The van der Waals surface area contributed by atoms with Gasteiger partial charge in [-0.3, -0.25) is 19.7 Å². The van der Waals surface area contributed by atoms with E-state index in [4.69, 9.17) is 9.47 Å². The second kappa shape index (κ2) is 9.17. The molecule has 32 heavy (non-hydrogen) atoms. The number of rotatable bonds is 6. The van der Waals surface area contributed by atoms with Gasteiger partial charge in [-0.1, -0.05) is 48.5 Å². The van der Waals surface area contributed by atoms with Crippen LogP contribution in [0.1, 0.15) is 37.8 Å². The van der Waals surface area contributed by atoms with E-state index in [1.807, 2.05) is 0 Å². The van der Waals surface area contributed by atoms with Crippen LogP contribution in [0.15, 0.2) is 54.6 Å². The molecule has 1 heterocycles. The van der Waals surface area contributed by atoms with Crippen molar-refractivity contribution in [3.63, 3.8) is 0 Å². The Balaban J connectivity index is 1.92. The van der Waals surface area contributed by atoms with E-state index in [1.165, 1.54) is 6.07 Å². The Kier molecular flexibility index (Phi) is 6.57. The maximum Gasteiger partial charge on any atom is 0.421 e. The molecule has 2 aromatic carbocycles. The van der Waals surface area contributed by atoms with Gasteiger partial charge in [-0.2, -0.15) is 0 Å². The fourth-order valence-corrected chi connectivity index (χ4v) is 3.54. The molecular formula is C23H24N2O7. The van der Waals surface area contributed by atoms with Gasteiger partial charge in [0.2, 0.25) is 12.5 Å². The minimum absolute atomic E-state index is 0.0910. The summed E-state index contributed by atoms with van der Waals surface area (Å²) in [6, 6.07) is 15.2. The summed E-state index contributed by atoms with van der Waals surface area (Å²) in [6.45, 7) is 4.06. The maximum absolute atomic E-state index is 13.3. The number of para-hydroxylation sites is 1. The van der Waals surface area contributed by atoms with E-state index < -0.39 is 46.9 Å². The summed E-state index contributed by atoms with van der Waals surface area (Å²) in [5, 5.41) is 11.3. The van der Waals surface area contributed by atoms with Gasteiger partial charge < -0.3 is 9.47 Å². The molecule has 2 aromatic rings. The molecular weight excluding hydrogens is 416 g/mol. The van der Waals surface area contributed by atoms with Gasteiger partial charge in [0.1, 0.15) is 18.1 Å². The van der Waals surface area contributed by atoms with Crippen molar-refractivity contribution in [2.75, 3.05) is 11.4 Å². The molecule has 0 radical (unpaired) electrons. The van der Waals surface area contributed by atoms with E-state index in [1.54, 1.807) is 69.3 Å². The Morgan fingerprint density at radius 2 is 1.72 bits per heavy atom. The van der Waals surface area contributed by atoms with Crippen molar-refractivity contribution in [3.8, 4) is 0 Å². The molecule has 0 bridgehead atoms. The Hall–Kier alpha value is -3.75. The molecule has 1 aliphatic rings. The summed E-state index contributed by atoms with van der Waals surface area (Å²) < 4.78 is 10.7. The van der Waals surface area contributed by atoms with Gasteiger partial charge in [0.15, 0.2) is 0 Å². The number of benzene rings is 2. The first-order chi connectivity index (χ1) is 15.1. The molecule has 0 saturated carbocycles. The molecule has 0 fully saturated rings. The number of fused-ring (bicyclic) bond motifs is 1. The van der Waals surface area contributed by atoms with Crippen LogP contribution in [0.25, 0.3) is 0 Å². The predicted octanol–water partition coefficient (Wildman–Crippen LogP) is 3.69. The molecule has 0 aromatic heterocycles. The number of esters is 1. The van der Waals surface area contributed by atoms with Gasteiger partial charge in [-0.15, -0.1) is 0 Å². The lowest BCUT2D eigenvalue weighted by atomic mass is 9.87. The van der Waals surface area contributed by atoms with Gasteiger partial charge in [0.25, 0.3) is 0 Å². The van der Waals surface area contributed by atoms with E-state index in [9.17, 15) is 24.5 Å². The first kappa shape index (κ1) is 22.9. The standard InChI is InChI=1S/C23H24N2O7/c1-23(2,3)32-22(28)25-18-12-8-7-11-16(18)19(20(25)26)17(13-24(29)30)21(27)31-14-15-9-5-4-6-10-15/h4-12,17,19H,13-14H2,1-3H3/t17-,19-/m0/s1. The van der Waals surface area contributed by atoms with Crippen molar-refractivity contribution in [1.29, 1.82) is 0 Å². The number of hydrogen-bond acceptors (Lipinski definition) is 7. The third kappa shape index (κ3) is 5.11.